The van der Waals surface area contributed by atoms with Crippen molar-refractivity contribution in [2.24, 2.45) is 17.1 Å². The molecule has 110 valence electrons. The average Bonchev–Trinajstić information content (AvgIpc) is 2.34. The molecule has 0 bridgehead atoms. The molecular formula is C15H29N3O. The summed E-state index contributed by atoms with van der Waals surface area (Å²) in [5, 5.41) is 0. The van der Waals surface area contributed by atoms with E-state index in [4.69, 9.17) is 5.73 Å². The molecule has 1 saturated carbocycles. The van der Waals surface area contributed by atoms with Crippen LogP contribution in [0.2, 0.25) is 0 Å². The molecule has 2 rings (SSSR count). The number of carbonyl (C=O) groups is 1. The van der Waals surface area contributed by atoms with E-state index < -0.39 is 0 Å². The van der Waals surface area contributed by atoms with Crippen molar-refractivity contribution in [1.82, 2.24) is 9.80 Å². The molecular weight excluding hydrogens is 238 g/mol. The Balaban J connectivity index is 1.76. The van der Waals surface area contributed by atoms with Crippen molar-refractivity contribution in [3.8, 4) is 0 Å². The van der Waals surface area contributed by atoms with E-state index in [1.165, 1.54) is 6.42 Å². The van der Waals surface area contributed by atoms with E-state index in [1.807, 2.05) is 4.90 Å². The molecule has 0 radical (unpaired) electrons. The quantitative estimate of drug-likeness (QED) is 0.817. The maximum Gasteiger partial charge on any atom is 0.223 e. The normalized spacial score (nSPS) is 23.5. The highest BCUT2D eigenvalue weighted by Gasteiger charge is 2.38. The average molecular weight is 267 g/mol. The monoisotopic (exact) mass is 267 g/mol. The lowest BCUT2D eigenvalue weighted by Gasteiger charge is -2.43. The van der Waals surface area contributed by atoms with Crippen molar-refractivity contribution in [3.05, 3.63) is 0 Å². The Kier molecular flexibility index (Phi) is 4.85. The molecule has 4 nitrogen and oxygen atoms in total. The number of hydrogen-bond donors (Lipinski definition) is 1. The minimum atomic E-state index is 0.145. The first-order valence-electron chi connectivity index (χ1n) is 7.75. The number of nitrogens with zero attached hydrogens (tertiary/aromatic N) is 2. The summed E-state index contributed by atoms with van der Waals surface area (Å²) in [5.74, 6) is 1.03. The summed E-state index contributed by atoms with van der Waals surface area (Å²) in [5.41, 5.74) is 5.99. The fourth-order valence-corrected chi connectivity index (χ4v) is 3.26. The lowest BCUT2D eigenvalue weighted by Crippen LogP contribution is -2.51. The van der Waals surface area contributed by atoms with Gasteiger partial charge in [0.2, 0.25) is 5.91 Å². The number of amides is 1. The third-order valence-electron chi connectivity index (χ3n) is 4.72. The van der Waals surface area contributed by atoms with Gasteiger partial charge in [-0.25, -0.2) is 0 Å². The van der Waals surface area contributed by atoms with Gasteiger partial charge in [0.05, 0.1) is 0 Å². The van der Waals surface area contributed by atoms with Crippen LogP contribution in [0.25, 0.3) is 0 Å². The second-order valence-corrected chi connectivity index (χ2v) is 6.81. The van der Waals surface area contributed by atoms with Crippen LogP contribution in [-0.2, 0) is 4.79 Å². The van der Waals surface area contributed by atoms with Crippen LogP contribution in [0.3, 0.4) is 0 Å². The van der Waals surface area contributed by atoms with E-state index in [0.717, 1.165) is 45.6 Å². The second kappa shape index (κ2) is 6.23. The molecule has 0 unspecified atom stereocenters. The molecule has 2 N–H and O–H groups in total. The predicted octanol–water partition coefficient (Wildman–Crippen LogP) is 1.31. The standard InChI is InChI=1S/C15H29N3O/c1-13(2)11-17-6-8-18(9-7-17)14(19)10-15(12-16)4-3-5-15/h13H,3-12,16H2,1-2H3. The van der Waals surface area contributed by atoms with Crippen LogP contribution in [0.15, 0.2) is 0 Å². The van der Waals surface area contributed by atoms with Crippen molar-refractivity contribution in [2.75, 3.05) is 39.3 Å². The molecule has 1 aliphatic carbocycles. The molecule has 2 fully saturated rings. The summed E-state index contributed by atoms with van der Waals surface area (Å²) in [6.45, 7) is 10.2. The molecule has 1 aliphatic heterocycles. The van der Waals surface area contributed by atoms with Crippen LogP contribution < -0.4 is 5.73 Å². The number of carbonyl (C=O) groups excluding carboxylic acids is 1. The van der Waals surface area contributed by atoms with Crippen LogP contribution in [0.1, 0.15) is 39.5 Å². The van der Waals surface area contributed by atoms with Crippen molar-refractivity contribution in [1.29, 1.82) is 0 Å². The summed E-state index contributed by atoms with van der Waals surface area (Å²) in [6.07, 6.45) is 4.20. The maximum absolute atomic E-state index is 12.3. The smallest absolute Gasteiger partial charge is 0.223 e. The maximum atomic E-state index is 12.3. The largest absolute Gasteiger partial charge is 0.340 e. The molecule has 0 aromatic carbocycles. The highest BCUT2D eigenvalue weighted by Crippen LogP contribution is 2.43. The van der Waals surface area contributed by atoms with Crippen LogP contribution in [0, 0.1) is 11.3 Å². The first kappa shape index (κ1) is 14.8. The van der Waals surface area contributed by atoms with Gasteiger partial charge >= 0.3 is 0 Å². The third-order valence-corrected chi connectivity index (χ3v) is 4.72. The first-order chi connectivity index (χ1) is 9.04. The number of hydrogen-bond acceptors (Lipinski definition) is 3. The third kappa shape index (κ3) is 3.69. The molecule has 0 atom stereocenters. The van der Waals surface area contributed by atoms with E-state index in [-0.39, 0.29) is 5.41 Å². The number of piperazine rings is 1. The summed E-state index contributed by atoms with van der Waals surface area (Å²) >= 11 is 0. The summed E-state index contributed by atoms with van der Waals surface area (Å²) < 4.78 is 0. The second-order valence-electron chi connectivity index (χ2n) is 6.81. The Hall–Kier alpha value is -0.610. The van der Waals surface area contributed by atoms with Gasteiger partial charge in [-0.2, -0.15) is 0 Å². The van der Waals surface area contributed by atoms with E-state index in [9.17, 15) is 4.79 Å². The molecule has 2 aliphatic rings. The van der Waals surface area contributed by atoms with E-state index in [1.54, 1.807) is 0 Å². The van der Waals surface area contributed by atoms with Crippen molar-refractivity contribution >= 4 is 5.91 Å². The van der Waals surface area contributed by atoms with E-state index in [2.05, 4.69) is 18.7 Å². The summed E-state index contributed by atoms with van der Waals surface area (Å²) in [4.78, 5) is 16.9. The van der Waals surface area contributed by atoms with Crippen molar-refractivity contribution in [3.63, 3.8) is 0 Å². The molecule has 4 heteroatoms. The molecule has 1 amide bonds. The van der Waals surface area contributed by atoms with Crippen molar-refractivity contribution < 1.29 is 4.79 Å². The Bertz CT molecular complexity index is 299. The van der Waals surface area contributed by atoms with Crippen LogP contribution in [0.5, 0.6) is 0 Å². The Morgan fingerprint density at radius 2 is 1.84 bits per heavy atom. The zero-order valence-corrected chi connectivity index (χ0v) is 12.5. The van der Waals surface area contributed by atoms with Gasteiger partial charge in [-0.1, -0.05) is 20.3 Å². The minimum absolute atomic E-state index is 0.145. The highest BCUT2D eigenvalue weighted by atomic mass is 16.2. The lowest BCUT2D eigenvalue weighted by molar-refractivity contribution is -0.136. The molecule has 19 heavy (non-hydrogen) atoms. The van der Waals surface area contributed by atoms with Gasteiger partial charge in [0, 0.05) is 39.1 Å². The number of rotatable bonds is 5. The van der Waals surface area contributed by atoms with Gasteiger partial charge in [0.25, 0.3) is 0 Å². The number of nitrogens with two attached hydrogens (primary N) is 1. The SMILES string of the molecule is CC(C)CN1CCN(C(=O)CC2(CN)CCC2)CC1. The molecule has 0 aromatic rings. The predicted molar refractivity (Wildman–Crippen MR) is 77.8 cm³/mol. The molecule has 0 spiro atoms. The molecule has 1 heterocycles. The van der Waals surface area contributed by atoms with Gasteiger partial charge in [0.15, 0.2) is 0 Å². The fourth-order valence-electron chi connectivity index (χ4n) is 3.26. The van der Waals surface area contributed by atoms with Gasteiger partial charge in [-0.05, 0) is 30.7 Å². The van der Waals surface area contributed by atoms with Crippen LogP contribution >= 0.6 is 0 Å². The van der Waals surface area contributed by atoms with Crippen LogP contribution in [-0.4, -0.2) is 55.0 Å². The topological polar surface area (TPSA) is 49.6 Å². The van der Waals surface area contributed by atoms with Gasteiger partial charge < -0.3 is 10.6 Å². The Morgan fingerprint density at radius 3 is 2.26 bits per heavy atom. The molecule has 0 aromatic heterocycles. The van der Waals surface area contributed by atoms with Gasteiger partial charge in [-0.3, -0.25) is 9.69 Å². The summed E-state index contributed by atoms with van der Waals surface area (Å²) in [6, 6.07) is 0. The van der Waals surface area contributed by atoms with Gasteiger partial charge in [0.1, 0.15) is 0 Å². The molecule has 1 saturated heterocycles. The minimum Gasteiger partial charge on any atom is -0.340 e. The lowest BCUT2D eigenvalue weighted by atomic mass is 9.66. The Morgan fingerprint density at radius 1 is 1.21 bits per heavy atom. The highest BCUT2D eigenvalue weighted by molar-refractivity contribution is 5.77. The van der Waals surface area contributed by atoms with Gasteiger partial charge in [-0.15, -0.1) is 0 Å². The van der Waals surface area contributed by atoms with E-state index in [0.29, 0.717) is 24.8 Å². The fraction of sp³-hybridized carbons (Fsp3) is 0.933. The zero-order valence-electron chi connectivity index (χ0n) is 12.5. The first-order valence-corrected chi connectivity index (χ1v) is 7.75. The van der Waals surface area contributed by atoms with Crippen molar-refractivity contribution in [2.45, 2.75) is 39.5 Å². The zero-order chi connectivity index (χ0) is 13.9. The Labute approximate surface area is 117 Å². The van der Waals surface area contributed by atoms with E-state index >= 15 is 0 Å². The van der Waals surface area contributed by atoms with Crippen LogP contribution in [0.4, 0.5) is 0 Å². The summed E-state index contributed by atoms with van der Waals surface area (Å²) in [7, 11) is 0.